The lowest BCUT2D eigenvalue weighted by molar-refractivity contribution is -0.118. The third kappa shape index (κ3) is 2.73. The summed E-state index contributed by atoms with van der Waals surface area (Å²) in [6.07, 6.45) is 5.02. The molecule has 2 saturated carbocycles. The van der Waals surface area contributed by atoms with Crippen molar-refractivity contribution < 1.29 is 13.6 Å². The highest BCUT2D eigenvalue weighted by Crippen LogP contribution is 2.36. The van der Waals surface area contributed by atoms with Crippen molar-refractivity contribution >= 4 is 5.91 Å². The summed E-state index contributed by atoms with van der Waals surface area (Å²) in [7, 11) is 0. The van der Waals surface area contributed by atoms with Gasteiger partial charge >= 0.3 is 0 Å². The van der Waals surface area contributed by atoms with E-state index < -0.39 is 6.43 Å². The second-order valence-corrected chi connectivity index (χ2v) is 6.46. The highest BCUT2D eigenvalue weighted by atomic mass is 19.3. The Morgan fingerprint density at radius 1 is 1.30 bits per heavy atom. The van der Waals surface area contributed by atoms with Gasteiger partial charge in [0.1, 0.15) is 11.5 Å². The molecule has 0 bridgehead atoms. The van der Waals surface area contributed by atoms with E-state index in [4.69, 9.17) is 0 Å². The largest absolute Gasteiger partial charge is 0.349 e. The zero-order chi connectivity index (χ0) is 16.0. The first-order valence-electron chi connectivity index (χ1n) is 8.20. The lowest BCUT2D eigenvalue weighted by Gasteiger charge is -2.30. The van der Waals surface area contributed by atoms with Gasteiger partial charge in [0.15, 0.2) is 0 Å². The van der Waals surface area contributed by atoms with Crippen molar-refractivity contribution in [2.24, 2.45) is 0 Å². The summed E-state index contributed by atoms with van der Waals surface area (Å²) >= 11 is 0. The van der Waals surface area contributed by atoms with Gasteiger partial charge in [0.2, 0.25) is 0 Å². The van der Waals surface area contributed by atoms with Crippen molar-refractivity contribution in [2.75, 3.05) is 6.54 Å². The Morgan fingerprint density at radius 3 is 2.70 bits per heavy atom. The van der Waals surface area contributed by atoms with Gasteiger partial charge in [-0.2, -0.15) is 0 Å². The molecule has 2 heterocycles. The maximum absolute atomic E-state index is 13.3. The second kappa shape index (κ2) is 5.63. The summed E-state index contributed by atoms with van der Waals surface area (Å²) in [5, 5.41) is 7.52. The first kappa shape index (κ1) is 14.7. The van der Waals surface area contributed by atoms with Crippen LogP contribution < -0.4 is 16.1 Å². The van der Waals surface area contributed by atoms with E-state index in [2.05, 4.69) is 16.1 Å². The van der Waals surface area contributed by atoms with Gasteiger partial charge in [-0.05, 0) is 37.3 Å². The van der Waals surface area contributed by atoms with Gasteiger partial charge < -0.3 is 10.6 Å². The van der Waals surface area contributed by atoms with Crippen LogP contribution in [0.5, 0.6) is 0 Å². The molecule has 23 heavy (non-hydrogen) atoms. The first-order chi connectivity index (χ1) is 11.1. The topological polar surface area (TPSA) is 56.4 Å². The molecule has 2 aliphatic heterocycles. The average molecular weight is 322 g/mol. The number of amides is 1. The van der Waals surface area contributed by atoms with Crippen molar-refractivity contribution in [2.45, 2.75) is 51.0 Å². The van der Waals surface area contributed by atoms with Crippen LogP contribution >= 0.6 is 0 Å². The van der Waals surface area contributed by atoms with Crippen molar-refractivity contribution in [3.05, 3.63) is 34.4 Å². The molecule has 124 valence electrons. The second-order valence-electron chi connectivity index (χ2n) is 6.46. The molecule has 0 aromatic rings. The molecule has 0 unspecified atom stereocenters. The van der Waals surface area contributed by atoms with E-state index in [1.165, 1.54) is 11.1 Å². The zero-order valence-electron chi connectivity index (χ0n) is 12.8. The van der Waals surface area contributed by atoms with Gasteiger partial charge in [0, 0.05) is 18.3 Å². The Morgan fingerprint density at radius 2 is 2.04 bits per heavy atom. The number of nitrogens with zero attached hydrogens (tertiary/aromatic N) is 1. The maximum atomic E-state index is 13.3. The zero-order valence-corrected chi connectivity index (χ0v) is 12.8. The number of halogens is 2. The quantitative estimate of drug-likeness (QED) is 0.743. The summed E-state index contributed by atoms with van der Waals surface area (Å²) in [4.78, 5) is 12.5. The average Bonchev–Trinajstić information content (AvgIpc) is 3.09. The fourth-order valence-electron chi connectivity index (χ4n) is 3.40. The molecule has 0 saturated heterocycles. The Balaban J connectivity index is 1.62. The van der Waals surface area contributed by atoms with Gasteiger partial charge in [-0.1, -0.05) is 12.8 Å². The number of fused-ring (bicyclic) bond motifs is 1. The number of hydrogen-bond donors (Lipinski definition) is 3. The highest BCUT2D eigenvalue weighted by molar-refractivity contribution is 5.95. The third-order valence-electron chi connectivity index (χ3n) is 4.80. The minimum atomic E-state index is -2.59. The van der Waals surface area contributed by atoms with Crippen LogP contribution in [0, 0.1) is 0 Å². The van der Waals surface area contributed by atoms with E-state index in [0.29, 0.717) is 11.4 Å². The van der Waals surface area contributed by atoms with Crippen LogP contribution in [0.1, 0.15) is 38.5 Å². The number of hydrogen-bond acceptors (Lipinski definition) is 4. The number of hydrazine groups is 1. The monoisotopic (exact) mass is 322 g/mol. The van der Waals surface area contributed by atoms with E-state index >= 15 is 0 Å². The van der Waals surface area contributed by atoms with E-state index in [1.54, 1.807) is 0 Å². The summed E-state index contributed by atoms with van der Waals surface area (Å²) in [6.45, 7) is 0.257. The third-order valence-corrected chi connectivity index (χ3v) is 4.80. The summed E-state index contributed by atoms with van der Waals surface area (Å²) < 4.78 is 26.7. The molecular weight excluding hydrogens is 302 g/mol. The van der Waals surface area contributed by atoms with Gasteiger partial charge in [-0.25, -0.2) is 14.2 Å². The molecule has 0 spiro atoms. The van der Waals surface area contributed by atoms with E-state index in [-0.39, 0.29) is 24.2 Å². The number of nitrogens with one attached hydrogen (secondary N) is 3. The van der Waals surface area contributed by atoms with Crippen molar-refractivity contribution in [1.82, 2.24) is 21.1 Å². The van der Waals surface area contributed by atoms with Crippen LogP contribution in [0.2, 0.25) is 0 Å². The number of carbonyl (C=O) groups is 1. The highest BCUT2D eigenvalue weighted by Gasteiger charge is 2.37. The van der Waals surface area contributed by atoms with E-state index in [1.807, 2.05) is 0 Å². The Kier molecular flexibility index (Phi) is 3.60. The summed E-state index contributed by atoms with van der Waals surface area (Å²) in [6, 6.07) is 0.208. The molecule has 0 radical (unpaired) electrons. The van der Waals surface area contributed by atoms with Gasteiger partial charge in [-0.3, -0.25) is 9.80 Å². The fraction of sp³-hybridized carbons (Fsp3) is 0.562. The van der Waals surface area contributed by atoms with Crippen LogP contribution in [0.3, 0.4) is 0 Å². The standard InChI is InChI=1S/C16H20F2N4O/c17-14(18)13-7-12(9-5-6-9)21-15-11(8-19-22(13)15)16(23)20-10-3-1-2-4-10/h7,10,14,19,21H,1-6,8H2,(H,20,23). The summed E-state index contributed by atoms with van der Waals surface area (Å²) in [5.41, 5.74) is 5.15. The SMILES string of the molecule is O=C(NC1CCCC1)C1=C2NC(=C3CC3)C=C(C(F)F)N2NC1. The molecule has 3 N–H and O–H groups in total. The molecule has 0 atom stereocenters. The number of rotatable bonds is 3. The molecule has 0 aromatic carbocycles. The molecule has 2 aliphatic carbocycles. The van der Waals surface area contributed by atoms with Crippen LogP contribution in [0.25, 0.3) is 0 Å². The maximum Gasteiger partial charge on any atom is 0.280 e. The lowest BCUT2D eigenvalue weighted by atomic mass is 10.1. The number of carbonyl (C=O) groups excluding carboxylic acids is 1. The minimum Gasteiger partial charge on any atom is -0.349 e. The van der Waals surface area contributed by atoms with Crippen LogP contribution in [0.15, 0.2) is 34.4 Å². The van der Waals surface area contributed by atoms with Crippen molar-refractivity contribution in [1.29, 1.82) is 0 Å². The van der Waals surface area contributed by atoms with E-state index in [0.717, 1.165) is 49.8 Å². The van der Waals surface area contributed by atoms with Gasteiger partial charge in [-0.15, -0.1) is 0 Å². The normalized spacial score (nSPS) is 24.1. The molecule has 2 fully saturated rings. The Bertz CT molecular complexity index is 626. The molecular formula is C16H20F2N4O. The van der Waals surface area contributed by atoms with E-state index in [9.17, 15) is 13.6 Å². The fourth-order valence-corrected chi connectivity index (χ4v) is 3.40. The summed E-state index contributed by atoms with van der Waals surface area (Å²) in [5.74, 6) is 0.290. The molecule has 7 heteroatoms. The predicted octanol–water partition coefficient (Wildman–Crippen LogP) is 1.88. The molecule has 5 nitrogen and oxygen atoms in total. The first-order valence-corrected chi connectivity index (χ1v) is 8.20. The van der Waals surface area contributed by atoms with Gasteiger partial charge in [0.05, 0.1) is 5.57 Å². The van der Waals surface area contributed by atoms with Gasteiger partial charge in [0.25, 0.3) is 12.3 Å². The minimum absolute atomic E-state index is 0.100. The van der Waals surface area contributed by atoms with Crippen molar-refractivity contribution in [3.8, 4) is 0 Å². The van der Waals surface area contributed by atoms with Crippen LogP contribution in [-0.2, 0) is 4.79 Å². The molecule has 4 rings (SSSR count). The molecule has 1 amide bonds. The molecule has 4 aliphatic rings. The Labute approximate surface area is 133 Å². The lowest BCUT2D eigenvalue weighted by Crippen LogP contribution is -2.41. The van der Waals surface area contributed by atoms with Crippen LogP contribution in [0.4, 0.5) is 8.78 Å². The smallest absolute Gasteiger partial charge is 0.280 e. The number of alkyl halides is 2. The molecule has 0 aromatic heterocycles. The Hall–Kier alpha value is -1.89. The number of allylic oxidation sites excluding steroid dienone is 3. The predicted molar refractivity (Wildman–Crippen MR) is 80.7 cm³/mol. The van der Waals surface area contributed by atoms with Crippen molar-refractivity contribution in [3.63, 3.8) is 0 Å². The van der Waals surface area contributed by atoms with Crippen LogP contribution in [-0.4, -0.2) is 29.9 Å².